The van der Waals surface area contributed by atoms with E-state index < -0.39 is 0 Å². The SMILES string of the molecule is CC(Nc1ncnc(NNC(=O)COc2ccccc2)c1N)c1ccccc1. The normalized spacial score (nSPS) is 11.3. The number of hydrogen-bond donors (Lipinski definition) is 4. The summed E-state index contributed by atoms with van der Waals surface area (Å²) < 4.78 is 5.38. The van der Waals surface area contributed by atoms with Crippen LogP contribution in [-0.2, 0) is 4.79 Å². The molecule has 0 radical (unpaired) electrons. The second-order valence-corrected chi connectivity index (χ2v) is 6.04. The molecule has 0 aliphatic heterocycles. The van der Waals surface area contributed by atoms with Crippen LogP contribution < -0.4 is 26.6 Å². The van der Waals surface area contributed by atoms with E-state index in [1.165, 1.54) is 6.33 Å². The van der Waals surface area contributed by atoms with Gasteiger partial charge in [0.05, 0.1) is 6.04 Å². The molecule has 8 nitrogen and oxygen atoms in total. The van der Waals surface area contributed by atoms with Gasteiger partial charge in [-0.3, -0.25) is 15.6 Å². The van der Waals surface area contributed by atoms with E-state index in [0.717, 1.165) is 5.56 Å². The van der Waals surface area contributed by atoms with Gasteiger partial charge >= 0.3 is 0 Å². The molecule has 0 aliphatic carbocycles. The zero-order chi connectivity index (χ0) is 19.8. The summed E-state index contributed by atoms with van der Waals surface area (Å²) in [4.78, 5) is 20.2. The van der Waals surface area contributed by atoms with Crippen LogP contribution in [-0.4, -0.2) is 22.5 Å². The van der Waals surface area contributed by atoms with E-state index in [4.69, 9.17) is 10.5 Å². The first kappa shape index (κ1) is 19.0. The molecular weight excluding hydrogens is 356 g/mol. The van der Waals surface area contributed by atoms with Crippen LogP contribution in [0.15, 0.2) is 67.0 Å². The molecule has 3 rings (SSSR count). The summed E-state index contributed by atoms with van der Waals surface area (Å²) in [5.74, 6) is 1.02. The molecule has 0 saturated carbocycles. The smallest absolute Gasteiger partial charge is 0.276 e. The number of para-hydroxylation sites is 1. The lowest BCUT2D eigenvalue weighted by atomic mass is 10.1. The molecule has 0 aliphatic rings. The fraction of sp³-hybridized carbons (Fsp3) is 0.150. The number of hydrogen-bond acceptors (Lipinski definition) is 7. The van der Waals surface area contributed by atoms with Gasteiger partial charge in [-0.2, -0.15) is 0 Å². The summed E-state index contributed by atoms with van der Waals surface area (Å²) in [5.41, 5.74) is 12.7. The highest BCUT2D eigenvalue weighted by molar-refractivity contribution is 5.81. The second-order valence-electron chi connectivity index (χ2n) is 6.04. The van der Waals surface area contributed by atoms with Gasteiger partial charge in [0.15, 0.2) is 18.2 Å². The number of ether oxygens (including phenoxy) is 1. The summed E-state index contributed by atoms with van der Waals surface area (Å²) >= 11 is 0. The van der Waals surface area contributed by atoms with E-state index in [0.29, 0.717) is 23.1 Å². The molecule has 3 aromatic rings. The third kappa shape index (κ3) is 5.10. The Bertz CT molecular complexity index is 905. The Morgan fingerprint density at radius 2 is 1.68 bits per heavy atom. The van der Waals surface area contributed by atoms with Crippen LogP contribution in [0, 0.1) is 0 Å². The molecule has 0 fully saturated rings. The Balaban J connectivity index is 1.56. The van der Waals surface area contributed by atoms with Crippen molar-refractivity contribution in [3.63, 3.8) is 0 Å². The Morgan fingerprint density at radius 3 is 2.39 bits per heavy atom. The largest absolute Gasteiger partial charge is 0.484 e. The molecular formula is C20H22N6O2. The molecule has 1 atom stereocenters. The summed E-state index contributed by atoms with van der Waals surface area (Å²) in [6, 6.07) is 19.0. The molecule has 8 heteroatoms. The predicted octanol–water partition coefficient (Wildman–Crippen LogP) is 2.75. The molecule has 1 heterocycles. The monoisotopic (exact) mass is 378 g/mol. The van der Waals surface area contributed by atoms with Crippen LogP contribution >= 0.6 is 0 Å². The van der Waals surface area contributed by atoms with Gasteiger partial charge in [0, 0.05) is 0 Å². The topological polar surface area (TPSA) is 114 Å². The number of nitrogens with two attached hydrogens (primary N) is 1. The van der Waals surface area contributed by atoms with Crippen molar-refractivity contribution in [2.24, 2.45) is 0 Å². The highest BCUT2D eigenvalue weighted by Crippen LogP contribution is 2.25. The summed E-state index contributed by atoms with van der Waals surface area (Å²) in [6.45, 7) is 1.87. The summed E-state index contributed by atoms with van der Waals surface area (Å²) in [6.07, 6.45) is 1.37. The number of benzene rings is 2. The maximum atomic E-state index is 12.0. The maximum Gasteiger partial charge on any atom is 0.276 e. The lowest BCUT2D eigenvalue weighted by Crippen LogP contribution is -2.34. The molecule has 2 aromatic carbocycles. The van der Waals surface area contributed by atoms with Crippen molar-refractivity contribution < 1.29 is 9.53 Å². The van der Waals surface area contributed by atoms with Crippen LogP contribution in [0.2, 0.25) is 0 Å². The van der Waals surface area contributed by atoms with Gasteiger partial charge in [-0.05, 0) is 24.6 Å². The van der Waals surface area contributed by atoms with Gasteiger partial charge in [0.2, 0.25) is 0 Å². The lowest BCUT2D eigenvalue weighted by molar-refractivity contribution is -0.122. The Labute approximate surface area is 163 Å². The molecule has 144 valence electrons. The third-order valence-corrected chi connectivity index (χ3v) is 3.97. The average Bonchev–Trinajstić information content (AvgIpc) is 2.74. The minimum atomic E-state index is -0.367. The average molecular weight is 378 g/mol. The van der Waals surface area contributed by atoms with Gasteiger partial charge in [-0.1, -0.05) is 48.5 Å². The number of rotatable bonds is 8. The number of carbonyl (C=O) groups is 1. The van der Waals surface area contributed by atoms with E-state index in [2.05, 4.69) is 26.1 Å². The zero-order valence-corrected chi connectivity index (χ0v) is 15.4. The molecule has 1 unspecified atom stereocenters. The van der Waals surface area contributed by atoms with Crippen molar-refractivity contribution in [2.75, 3.05) is 23.1 Å². The number of amides is 1. The van der Waals surface area contributed by atoms with Crippen molar-refractivity contribution in [2.45, 2.75) is 13.0 Å². The van der Waals surface area contributed by atoms with Gasteiger partial charge < -0.3 is 15.8 Å². The number of nitrogen functional groups attached to an aromatic ring is 1. The van der Waals surface area contributed by atoms with Gasteiger partial charge in [0.25, 0.3) is 5.91 Å². The number of anilines is 3. The lowest BCUT2D eigenvalue weighted by Gasteiger charge is -2.17. The maximum absolute atomic E-state index is 12.0. The Kier molecular flexibility index (Phi) is 6.25. The van der Waals surface area contributed by atoms with E-state index in [1.54, 1.807) is 12.1 Å². The molecule has 28 heavy (non-hydrogen) atoms. The van der Waals surface area contributed by atoms with E-state index in [-0.39, 0.29) is 18.6 Å². The van der Waals surface area contributed by atoms with Crippen LogP contribution in [0.5, 0.6) is 5.75 Å². The quantitative estimate of drug-likeness (QED) is 0.446. The Morgan fingerprint density at radius 1 is 1.04 bits per heavy atom. The molecule has 1 amide bonds. The second kappa shape index (κ2) is 9.22. The fourth-order valence-corrected chi connectivity index (χ4v) is 2.47. The first-order valence-corrected chi connectivity index (χ1v) is 8.78. The number of aromatic nitrogens is 2. The molecule has 0 saturated heterocycles. The van der Waals surface area contributed by atoms with Crippen LogP contribution in [0.3, 0.4) is 0 Å². The standard InChI is InChI=1S/C20H22N6O2/c1-14(15-8-4-2-5-9-15)24-19-18(21)20(23-13-22-19)26-25-17(27)12-28-16-10-6-3-7-11-16/h2-11,13-14H,12,21H2,1H3,(H,25,27)(H2,22,23,24,26). The molecule has 0 spiro atoms. The molecule has 0 bridgehead atoms. The van der Waals surface area contributed by atoms with Crippen molar-refractivity contribution in [3.8, 4) is 5.75 Å². The van der Waals surface area contributed by atoms with Crippen molar-refractivity contribution in [1.82, 2.24) is 15.4 Å². The third-order valence-electron chi connectivity index (χ3n) is 3.97. The number of nitrogens with zero attached hydrogens (tertiary/aromatic N) is 2. The Hall–Kier alpha value is -3.81. The van der Waals surface area contributed by atoms with E-state index >= 15 is 0 Å². The fourth-order valence-electron chi connectivity index (χ4n) is 2.47. The van der Waals surface area contributed by atoms with Gasteiger partial charge in [-0.15, -0.1) is 0 Å². The van der Waals surface area contributed by atoms with Crippen molar-refractivity contribution >= 4 is 23.2 Å². The predicted molar refractivity (Wildman–Crippen MR) is 109 cm³/mol. The molecule has 5 N–H and O–H groups in total. The van der Waals surface area contributed by atoms with Crippen LogP contribution in [0.4, 0.5) is 17.3 Å². The molecule has 1 aromatic heterocycles. The van der Waals surface area contributed by atoms with Crippen molar-refractivity contribution in [3.05, 3.63) is 72.6 Å². The number of hydrazine groups is 1. The first-order valence-electron chi connectivity index (χ1n) is 8.78. The van der Waals surface area contributed by atoms with Crippen molar-refractivity contribution in [1.29, 1.82) is 0 Å². The van der Waals surface area contributed by atoms with Gasteiger partial charge in [0.1, 0.15) is 17.8 Å². The van der Waals surface area contributed by atoms with Crippen LogP contribution in [0.1, 0.15) is 18.5 Å². The zero-order valence-electron chi connectivity index (χ0n) is 15.4. The first-order chi connectivity index (χ1) is 13.6. The van der Waals surface area contributed by atoms with E-state index in [9.17, 15) is 4.79 Å². The minimum Gasteiger partial charge on any atom is -0.484 e. The summed E-state index contributed by atoms with van der Waals surface area (Å²) in [7, 11) is 0. The van der Waals surface area contributed by atoms with Gasteiger partial charge in [-0.25, -0.2) is 9.97 Å². The minimum absolute atomic E-state index is 0.000105. The highest BCUT2D eigenvalue weighted by Gasteiger charge is 2.12. The number of carbonyl (C=O) groups excluding carboxylic acids is 1. The van der Waals surface area contributed by atoms with Crippen LogP contribution in [0.25, 0.3) is 0 Å². The highest BCUT2D eigenvalue weighted by atomic mass is 16.5. The van der Waals surface area contributed by atoms with E-state index in [1.807, 2.05) is 55.5 Å². The summed E-state index contributed by atoms with van der Waals surface area (Å²) in [5, 5.41) is 3.25. The number of nitrogens with one attached hydrogen (secondary N) is 3.